The Morgan fingerprint density at radius 1 is 1.17 bits per heavy atom. The first-order valence-electron chi connectivity index (χ1n) is 8.74. The lowest BCUT2D eigenvalue weighted by Gasteiger charge is -2.17. The van der Waals surface area contributed by atoms with E-state index in [9.17, 15) is 9.59 Å². The van der Waals surface area contributed by atoms with Gasteiger partial charge >= 0.3 is 0 Å². The van der Waals surface area contributed by atoms with Crippen LogP contribution in [0.2, 0.25) is 5.02 Å². The van der Waals surface area contributed by atoms with Crippen LogP contribution in [0.1, 0.15) is 5.56 Å². The van der Waals surface area contributed by atoms with Crippen molar-refractivity contribution in [2.45, 2.75) is 0 Å². The molecule has 0 unspecified atom stereocenters. The topological polar surface area (TPSA) is 98.1 Å². The van der Waals surface area contributed by atoms with Crippen LogP contribution in [0.25, 0.3) is 11.8 Å². The van der Waals surface area contributed by atoms with Gasteiger partial charge in [0.05, 0.1) is 17.8 Å². The zero-order valence-electron chi connectivity index (χ0n) is 15.1. The number of ether oxygens (including phenoxy) is 1. The van der Waals surface area contributed by atoms with Crippen LogP contribution in [0, 0.1) is 0 Å². The van der Waals surface area contributed by atoms with Crippen LogP contribution in [0.15, 0.2) is 60.7 Å². The number of nitrogens with zero attached hydrogens (tertiary/aromatic N) is 3. The molecule has 1 aliphatic heterocycles. The van der Waals surface area contributed by atoms with Crippen LogP contribution in [-0.4, -0.2) is 39.7 Å². The minimum absolute atomic E-state index is 0.131. The lowest BCUT2D eigenvalue weighted by atomic mass is 10.1. The predicted molar refractivity (Wildman–Crippen MR) is 108 cm³/mol. The number of fused-ring (bicyclic) bond motifs is 1. The molecule has 9 heteroatoms. The van der Waals surface area contributed by atoms with E-state index in [0.29, 0.717) is 22.0 Å². The van der Waals surface area contributed by atoms with E-state index in [2.05, 4.69) is 20.7 Å². The number of benzene rings is 2. The van der Waals surface area contributed by atoms with Crippen molar-refractivity contribution in [3.8, 4) is 11.4 Å². The second-order valence-electron chi connectivity index (χ2n) is 6.26. The summed E-state index contributed by atoms with van der Waals surface area (Å²) < 4.78 is 7.16. The highest BCUT2D eigenvalue weighted by molar-refractivity contribution is 6.30. The number of amides is 2. The van der Waals surface area contributed by atoms with Crippen LogP contribution in [-0.2, 0) is 9.59 Å². The first-order chi connectivity index (χ1) is 14.1. The average molecular weight is 410 g/mol. The third-order valence-corrected chi connectivity index (χ3v) is 4.46. The first kappa shape index (κ1) is 18.7. The Hall–Kier alpha value is -3.65. The Balaban J connectivity index is 1.32. The Morgan fingerprint density at radius 2 is 2.00 bits per heavy atom. The summed E-state index contributed by atoms with van der Waals surface area (Å²) in [7, 11) is 0. The number of hydrogen-bond acceptors (Lipinski definition) is 5. The molecule has 0 radical (unpaired) electrons. The second kappa shape index (κ2) is 8.15. The molecule has 1 aromatic heterocycles. The summed E-state index contributed by atoms with van der Waals surface area (Å²) >= 11 is 5.98. The summed E-state index contributed by atoms with van der Waals surface area (Å²) in [5, 5.41) is 9.92. The van der Waals surface area contributed by atoms with Crippen molar-refractivity contribution in [2.24, 2.45) is 0 Å². The van der Waals surface area contributed by atoms with Crippen LogP contribution >= 0.6 is 11.6 Å². The highest BCUT2D eigenvalue weighted by Gasteiger charge is 2.18. The number of rotatable bonds is 5. The first-order valence-corrected chi connectivity index (χ1v) is 9.12. The Kier molecular flexibility index (Phi) is 5.26. The maximum Gasteiger partial charge on any atom is 0.251 e. The standard InChI is InChI=1S/C20H16ClN5O3/c21-15-1-6-18-13(8-15)7-14(10-29-18)20(28)23-9-19(27)25-16-2-4-17(5-3-16)26-12-22-11-24-26/h1-8,11-12H,9-10H2,(H,23,28)(H,25,27). The molecule has 0 saturated heterocycles. The maximum atomic E-state index is 12.3. The largest absolute Gasteiger partial charge is 0.488 e. The molecule has 8 nitrogen and oxygen atoms in total. The number of halogens is 1. The predicted octanol–water partition coefficient (Wildman–Crippen LogP) is 2.45. The van der Waals surface area contributed by atoms with Gasteiger partial charge in [-0.15, -0.1) is 0 Å². The number of nitrogens with one attached hydrogen (secondary N) is 2. The summed E-state index contributed by atoms with van der Waals surface area (Å²) in [6.07, 6.45) is 4.73. The number of anilines is 1. The van der Waals surface area contributed by atoms with E-state index < -0.39 is 0 Å². The van der Waals surface area contributed by atoms with Crippen LogP contribution in [0.5, 0.6) is 5.75 Å². The summed E-state index contributed by atoms with van der Waals surface area (Å²) in [5.41, 5.74) is 2.57. The van der Waals surface area contributed by atoms with Crippen molar-refractivity contribution >= 4 is 35.2 Å². The van der Waals surface area contributed by atoms with Crippen molar-refractivity contribution in [3.05, 3.63) is 71.3 Å². The summed E-state index contributed by atoms with van der Waals surface area (Å²) in [5.74, 6) is -0.0435. The van der Waals surface area contributed by atoms with Gasteiger partial charge in [-0.25, -0.2) is 9.67 Å². The average Bonchev–Trinajstić information content (AvgIpc) is 3.27. The van der Waals surface area contributed by atoms with Crippen molar-refractivity contribution in [2.75, 3.05) is 18.5 Å². The minimum atomic E-state index is -0.368. The molecule has 2 N–H and O–H groups in total. The van der Waals surface area contributed by atoms with E-state index in [1.807, 2.05) is 0 Å². The molecule has 0 spiro atoms. The molecular formula is C20H16ClN5O3. The highest BCUT2D eigenvalue weighted by Crippen LogP contribution is 2.28. The van der Waals surface area contributed by atoms with E-state index >= 15 is 0 Å². The fraction of sp³-hybridized carbons (Fsp3) is 0.100. The smallest absolute Gasteiger partial charge is 0.251 e. The fourth-order valence-corrected chi connectivity index (χ4v) is 2.98. The lowest BCUT2D eigenvalue weighted by molar-refractivity contribution is -0.121. The van der Waals surface area contributed by atoms with Gasteiger partial charge in [-0.3, -0.25) is 9.59 Å². The molecule has 2 aromatic carbocycles. The van der Waals surface area contributed by atoms with Gasteiger partial charge in [0, 0.05) is 16.3 Å². The molecular weight excluding hydrogens is 394 g/mol. The number of hydrogen-bond donors (Lipinski definition) is 2. The summed E-state index contributed by atoms with van der Waals surface area (Å²) in [6.45, 7) is -0.0325. The third-order valence-electron chi connectivity index (χ3n) is 4.22. The zero-order chi connectivity index (χ0) is 20.2. The normalized spacial score (nSPS) is 12.4. The molecule has 146 valence electrons. The van der Waals surface area contributed by atoms with Gasteiger partial charge in [-0.2, -0.15) is 5.10 Å². The quantitative estimate of drug-likeness (QED) is 0.674. The van der Waals surface area contributed by atoms with Gasteiger partial charge in [0.2, 0.25) is 5.91 Å². The van der Waals surface area contributed by atoms with E-state index in [-0.39, 0.29) is 25.0 Å². The van der Waals surface area contributed by atoms with E-state index in [1.54, 1.807) is 59.5 Å². The van der Waals surface area contributed by atoms with E-state index in [1.165, 1.54) is 6.33 Å². The number of aromatic nitrogens is 3. The molecule has 3 aromatic rings. The van der Waals surface area contributed by atoms with Crippen molar-refractivity contribution in [3.63, 3.8) is 0 Å². The Bertz CT molecular complexity index is 1080. The molecule has 0 fully saturated rings. The van der Waals surface area contributed by atoms with Gasteiger partial charge in [0.25, 0.3) is 5.91 Å². The molecule has 29 heavy (non-hydrogen) atoms. The summed E-state index contributed by atoms with van der Waals surface area (Å²) in [6, 6.07) is 12.3. The van der Waals surface area contributed by atoms with Crippen molar-refractivity contribution in [1.29, 1.82) is 0 Å². The lowest BCUT2D eigenvalue weighted by Crippen LogP contribution is -2.35. The molecule has 4 rings (SSSR count). The van der Waals surface area contributed by atoms with Crippen LogP contribution in [0.4, 0.5) is 5.69 Å². The molecule has 2 amide bonds. The molecule has 2 heterocycles. The summed E-state index contributed by atoms with van der Waals surface area (Å²) in [4.78, 5) is 28.4. The van der Waals surface area contributed by atoms with Gasteiger partial charge < -0.3 is 15.4 Å². The molecule has 0 aliphatic carbocycles. The Morgan fingerprint density at radius 3 is 2.76 bits per heavy atom. The minimum Gasteiger partial charge on any atom is -0.488 e. The Labute approximate surface area is 171 Å². The number of carbonyl (C=O) groups excluding carboxylic acids is 2. The molecule has 0 bridgehead atoms. The van der Waals surface area contributed by atoms with E-state index in [0.717, 1.165) is 11.3 Å². The highest BCUT2D eigenvalue weighted by atomic mass is 35.5. The maximum absolute atomic E-state index is 12.3. The molecule has 1 aliphatic rings. The fourth-order valence-electron chi connectivity index (χ4n) is 2.80. The van der Waals surface area contributed by atoms with Gasteiger partial charge in [-0.05, 0) is 48.5 Å². The zero-order valence-corrected chi connectivity index (χ0v) is 15.9. The third kappa shape index (κ3) is 4.44. The molecule has 0 atom stereocenters. The van der Waals surface area contributed by atoms with Crippen LogP contribution in [0.3, 0.4) is 0 Å². The van der Waals surface area contributed by atoms with Crippen molar-refractivity contribution < 1.29 is 14.3 Å². The van der Waals surface area contributed by atoms with Gasteiger partial charge in [-0.1, -0.05) is 11.6 Å². The SMILES string of the molecule is O=C(CNC(=O)C1=Cc2cc(Cl)ccc2OC1)Nc1ccc(-n2cncn2)cc1. The van der Waals surface area contributed by atoms with Gasteiger partial charge in [0.15, 0.2) is 0 Å². The second-order valence-corrected chi connectivity index (χ2v) is 6.69. The molecule has 0 saturated carbocycles. The van der Waals surface area contributed by atoms with E-state index in [4.69, 9.17) is 16.3 Å². The number of carbonyl (C=O) groups is 2. The van der Waals surface area contributed by atoms with Crippen LogP contribution < -0.4 is 15.4 Å². The monoisotopic (exact) mass is 409 g/mol. The van der Waals surface area contributed by atoms with Gasteiger partial charge in [0.1, 0.15) is 25.0 Å². The van der Waals surface area contributed by atoms with Crippen molar-refractivity contribution in [1.82, 2.24) is 20.1 Å².